The van der Waals surface area contributed by atoms with Crippen LogP contribution in [0.4, 0.5) is 0 Å². The zero-order valence-corrected chi connectivity index (χ0v) is 7.27. The number of rotatable bonds is 3. The largest absolute Gasteiger partial charge is 0.372 e. The third-order valence-corrected chi connectivity index (χ3v) is 2.04. The van der Waals surface area contributed by atoms with Crippen LogP contribution < -0.4 is 5.73 Å². The molecule has 1 aliphatic rings. The van der Waals surface area contributed by atoms with E-state index in [4.69, 9.17) is 11.1 Å². The predicted molar refractivity (Wildman–Crippen MR) is 51.2 cm³/mol. The van der Waals surface area contributed by atoms with Gasteiger partial charge < -0.3 is 16.0 Å². The fourth-order valence-corrected chi connectivity index (χ4v) is 1.32. The number of nitrogens with two attached hydrogens (primary N) is 1. The SMILES string of the molecule is CN1C=CC=CC1C(N)CC=N. The second-order valence-corrected chi connectivity index (χ2v) is 2.99. The molecule has 12 heavy (non-hydrogen) atoms. The fraction of sp³-hybridized carbons (Fsp3) is 0.444. The Morgan fingerprint density at radius 1 is 1.67 bits per heavy atom. The van der Waals surface area contributed by atoms with Crippen LogP contribution in [0.5, 0.6) is 0 Å². The molecule has 0 spiro atoms. The fourth-order valence-electron chi connectivity index (χ4n) is 1.32. The quantitative estimate of drug-likeness (QED) is 0.606. The molecule has 3 heteroatoms. The summed E-state index contributed by atoms with van der Waals surface area (Å²) in [5.74, 6) is 0. The van der Waals surface area contributed by atoms with Crippen LogP contribution in [0.15, 0.2) is 24.4 Å². The van der Waals surface area contributed by atoms with E-state index in [1.807, 2.05) is 25.4 Å². The maximum absolute atomic E-state index is 6.95. The topological polar surface area (TPSA) is 53.1 Å². The summed E-state index contributed by atoms with van der Waals surface area (Å²) in [7, 11) is 1.99. The number of hydrogen-bond acceptors (Lipinski definition) is 3. The van der Waals surface area contributed by atoms with E-state index < -0.39 is 0 Å². The van der Waals surface area contributed by atoms with E-state index in [-0.39, 0.29) is 12.1 Å². The molecule has 0 fully saturated rings. The molecule has 1 aliphatic heterocycles. The van der Waals surface area contributed by atoms with Crippen molar-refractivity contribution >= 4 is 6.21 Å². The summed E-state index contributed by atoms with van der Waals surface area (Å²) in [4.78, 5) is 2.06. The van der Waals surface area contributed by atoms with Crippen molar-refractivity contribution in [1.29, 1.82) is 5.41 Å². The summed E-state index contributed by atoms with van der Waals surface area (Å²) in [6.07, 6.45) is 10.0. The minimum atomic E-state index is 0.0219. The number of nitrogens with zero attached hydrogens (tertiary/aromatic N) is 1. The smallest absolute Gasteiger partial charge is 0.0622 e. The van der Waals surface area contributed by atoms with Crippen LogP contribution in [0.2, 0.25) is 0 Å². The molecule has 0 radical (unpaired) electrons. The molecule has 1 heterocycles. The van der Waals surface area contributed by atoms with Crippen LogP contribution in [0.3, 0.4) is 0 Å². The van der Waals surface area contributed by atoms with Gasteiger partial charge in [-0.3, -0.25) is 0 Å². The number of likely N-dealkylation sites (N-methyl/N-ethyl adjacent to an activating group) is 1. The Hall–Kier alpha value is -1.09. The van der Waals surface area contributed by atoms with Gasteiger partial charge in [-0.05, 0) is 24.9 Å². The highest BCUT2D eigenvalue weighted by Gasteiger charge is 2.17. The molecule has 3 nitrogen and oxygen atoms in total. The highest BCUT2D eigenvalue weighted by Crippen LogP contribution is 2.09. The highest BCUT2D eigenvalue weighted by atomic mass is 15.1. The van der Waals surface area contributed by atoms with Gasteiger partial charge >= 0.3 is 0 Å². The van der Waals surface area contributed by atoms with Crippen molar-refractivity contribution in [3.05, 3.63) is 24.4 Å². The Morgan fingerprint density at radius 3 is 3.00 bits per heavy atom. The van der Waals surface area contributed by atoms with Crippen LogP contribution in [-0.2, 0) is 0 Å². The zero-order chi connectivity index (χ0) is 8.97. The third-order valence-electron chi connectivity index (χ3n) is 2.04. The van der Waals surface area contributed by atoms with Crippen molar-refractivity contribution in [2.75, 3.05) is 7.05 Å². The molecule has 1 rings (SSSR count). The minimum Gasteiger partial charge on any atom is -0.372 e. The third kappa shape index (κ3) is 1.95. The summed E-state index contributed by atoms with van der Waals surface area (Å²) < 4.78 is 0. The second kappa shape index (κ2) is 4.07. The van der Waals surface area contributed by atoms with Crippen molar-refractivity contribution in [1.82, 2.24) is 4.90 Å². The molecule has 0 saturated heterocycles. The molecule has 0 aromatic heterocycles. The first-order chi connectivity index (χ1) is 5.75. The van der Waals surface area contributed by atoms with Gasteiger partial charge in [-0.15, -0.1) is 0 Å². The monoisotopic (exact) mass is 165 g/mol. The molecule has 2 unspecified atom stereocenters. The lowest BCUT2D eigenvalue weighted by atomic mass is 10.0. The van der Waals surface area contributed by atoms with Crippen LogP contribution in [-0.4, -0.2) is 30.2 Å². The Labute approximate surface area is 73.1 Å². The van der Waals surface area contributed by atoms with Crippen molar-refractivity contribution in [3.63, 3.8) is 0 Å². The van der Waals surface area contributed by atoms with E-state index in [0.717, 1.165) is 0 Å². The molecule has 3 N–H and O–H groups in total. The van der Waals surface area contributed by atoms with E-state index in [2.05, 4.69) is 11.0 Å². The molecule has 0 aromatic rings. The van der Waals surface area contributed by atoms with E-state index in [1.54, 1.807) is 0 Å². The van der Waals surface area contributed by atoms with E-state index in [1.165, 1.54) is 6.21 Å². The summed E-state index contributed by atoms with van der Waals surface area (Å²) in [5, 5.41) is 6.95. The molecule has 0 aliphatic carbocycles. The van der Waals surface area contributed by atoms with Gasteiger partial charge in [-0.2, -0.15) is 0 Å². The van der Waals surface area contributed by atoms with Gasteiger partial charge in [0.1, 0.15) is 0 Å². The van der Waals surface area contributed by atoms with E-state index >= 15 is 0 Å². The molecule has 0 bridgehead atoms. The van der Waals surface area contributed by atoms with Crippen molar-refractivity contribution in [2.24, 2.45) is 5.73 Å². The average Bonchev–Trinajstić information content (AvgIpc) is 2.05. The number of hydrogen-bond donors (Lipinski definition) is 2. The average molecular weight is 165 g/mol. The van der Waals surface area contributed by atoms with Crippen molar-refractivity contribution in [2.45, 2.75) is 18.5 Å². The van der Waals surface area contributed by atoms with Crippen LogP contribution in [0.25, 0.3) is 0 Å². The molecule has 0 amide bonds. The normalized spacial score (nSPS) is 24.2. The Kier molecular flexibility index (Phi) is 3.05. The second-order valence-electron chi connectivity index (χ2n) is 2.99. The summed E-state index contributed by atoms with van der Waals surface area (Å²) >= 11 is 0. The lowest BCUT2D eigenvalue weighted by Gasteiger charge is -2.30. The Morgan fingerprint density at radius 2 is 2.42 bits per heavy atom. The highest BCUT2D eigenvalue weighted by molar-refractivity contribution is 5.54. The van der Waals surface area contributed by atoms with Crippen LogP contribution in [0, 0.1) is 5.41 Å². The van der Waals surface area contributed by atoms with E-state index in [9.17, 15) is 0 Å². The number of nitrogens with one attached hydrogen (secondary N) is 1. The van der Waals surface area contributed by atoms with Gasteiger partial charge in [0.2, 0.25) is 0 Å². The van der Waals surface area contributed by atoms with Crippen molar-refractivity contribution in [3.8, 4) is 0 Å². The zero-order valence-electron chi connectivity index (χ0n) is 7.27. The lowest BCUT2D eigenvalue weighted by Crippen LogP contribution is -2.43. The molecular formula is C9H15N3. The van der Waals surface area contributed by atoms with Gasteiger partial charge in [-0.1, -0.05) is 12.2 Å². The standard InChI is InChI=1S/C9H15N3/c1-12-7-3-2-4-9(12)8(11)5-6-10/h2-4,6-10H,5,11H2,1H3. The Balaban J connectivity index is 2.55. The molecule has 66 valence electrons. The number of allylic oxidation sites excluding steroid dienone is 2. The summed E-state index contributed by atoms with van der Waals surface area (Å²) in [6.45, 7) is 0. The van der Waals surface area contributed by atoms with Gasteiger partial charge in [0, 0.05) is 13.1 Å². The Bertz CT molecular complexity index is 208. The first kappa shape index (κ1) is 9.00. The summed E-state index contributed by atoms with van der Waals surface area (Å²) in [5.41, 5.74) is 5.87. The van der Waals surface area contributed by atoms with Crippen LogP contribution in [0.1, 0.15) is 6.42 Å². The summed E-state index contributed by atoms with van der Waals surface area (Å²) in [6, 6.07) is 0.255. The lowest BCUT2D eigenvalue weighted by molar-refractivity contribution is 0.334. The molecule has 0 saturated carbocycles. The first-order valence-corrected chi connectivity index (χ1v) is 4.07. The first-order valence-electron chi connectivity index (χ1n) is 4.07. The molecule has 2 atom stereocenters. The minimum absolute atomic E-state index is 0.0219. The van der Waals surface area contributed by atoms with Gasteiger partial charge in [0.15, 0.2) is 0 Å². The molecule has 0 aromatic carbocycles. The van der Waals surface area contributed by atoms with Crippen LogP contribution >= 0.6 is 0 Å². The van der Waals surface area contributed by atoms with Gasteiger partial charge in [0.05, 0.1) is 6.04 Å². The molecular weight excluding hydrogens is 150 g/mol. The van der Waals surface area contributed by atoms with E-state index in [0.29, 0.717) is 6.42 Å². The predicted octanol–water partition coefficient (Wildman–Crippen LogP) is 0.737. The maximum atomic E-state index is 6.95. The van der Waals surface area contributed by atoms with Gasteiger partial charge in [-0.25, -0.2) is 0 Å². The maximum Gasteiger partial charge on any atom is 0.0622 e. The van der Waals surface area contributed by atoms with Gasteiger partial charge in [0.25, 0.3) is 0 Å². The van der Waals surface area contributed by atoms with Crippen molar-refractivity contribution < 1.29 is 0 Å².